The minimum absolute atomic E-state index is 0.00507. The van der Waals surface area contributed by atoms with Gasteiger partial charge in [0.15, 0.2) is 23.0 Å². The highest BCUT2D eigenvalue weighted by Gasteiger charge is 2.30. The molecule has 0 bridgehead atoms. The molecular formula is C105H142N12O16. The molecule has 8 aromatic rings. The summed E-state index contributed by atoms with van der Waals surface area (Å²) in [5, 5.41) is 58.7. The topological polar surface area (TPSA) is 345 Å². The van der Waals surface area contributed by atoms with Gasteiger partial charge in [-0.3, -0.25) is 18.7 Å². The highest BCUT2D eigenvalue weighted by Crippen LogP contribution is 2.39. The summed E-state index contributed by atoms with van der Waals surface area (Å²) in [5.74, 6) is 1.47. The van der Waals surface area contributed by atoms with Crippen molar-refractivity contribution in [1.29, 1.82) is 21.0 Å². The Kier molecular flexibility index (Phi) is 43.4. The van der Waals surface area contributed by atoms with Crippen molar-refractivity contribution >= 4 is 70.0 Å². The van der Waals surface area contributed by atoms with Crippen molar-refractivity contribution in [1.82, 2.24) is 39.1 Å². The molecule has 0 aliphatic rings. The first kappa shape index (κ1) is 110. The van der Waals surface area contributed by atoms with Crippen LogP contribution in [-0.2, 0) is 105 Å². The van der Waals surface area contributed by atoms with Gasteiger partial charge in [-0.15, -0.1) is 0 Å². The number of unbranched alkanes of at least 4 members (excludes halogenated alkanes) is 3. The van der Waals surface area contributed by atoms with Crippen LogP contribution < -0.4 is 0 Å². The van der Waals surface area contributed by atoms with Gasteiger partial charge in [-0.2, -0.15) is 41.4 Å². The molecule has 0 saturated heterocycles. The largest absolute Gasteiger partial charge is 0.511 e. The SMILES string of the molecule is CCC(C)OC(=O)OCO/C(=C(/C#N)c1ccc(C(C)(C)C)cc1)c1c(C)c(C)nn1CC.CCCCCOC(=O)OCO/C(=C(/C#N)c1ccc(C(C)(C)C)cc1)c1c(C)c(C)nn1CC.CCCCOC(=O)OCO/C(=C(/C#N)c1ccc(C(C)(C)C)cc1)c1c(C)c(C)nn1CC.CCn1nc(C)c(C)c1/C(OCOC(=O)OCC(C)C)=C(\C#N)c1ccc(C(C)(C)C)cc1. The summed E-state index contributed by atoms with van der Waals surface area (Å²) in [7, 11) is 0. The molecule has 0 saturated carbocycles. The van der Waals surface area contributed by atoms with Crippen molar-refractivity contribution in [2.24, 2.45) is 5.92 Å². The van der Waals surface area contributed by atoms with Crippen LogP contribution in [0, 0.1) is 107 Å². The normalized spacial score (nSPS) is 12.4. The van der Waals surface area contributed by atoms with Crippen LogP contribution in [0.25, 0.3) is 45.3 Å². The fourth-order valence-electron chi connectivity index (χ4n) is 13.3. The highest BCUT2D eigenvalue weighted by atomic mass is 16.8. The molecule has 0 aliphatic heterocycles. The van der Waals surface area contributed by atoms with Gasteiger partial charge in [0.1, 0.15) is 75.4 Å². The van der Waals surface area contributed by atoms with E-state index < -0.39 is 24.6 Å². The zero-order valence-electron chi connectivity index (χ0n) is 84.3. The van der Waals surface area contributed by atoms with Crippen LogP contribution >= 0.6 is 0 Å². The molecule has 0 fully saturated rings. The predicted octanol–water partition coefficient (Wildman–Crippen LogP) is 24.8. The number of nitrogens with zero attached hydrogens (tertiary/aromatic N) is 12. The van der Waals surface area contributed by atoms with E-state index in [1.54, 1.807) is 25.7 Å². The Labute approximate surface area is 788 Å². The van der Waals surface area contributed by atoms with Gasteiger partial charge < -0.3 is 56.8 Å². The molecule has 0 aliphatic carbocycles. The number of hydrogen-bond donors (Lipinski definition) is 0. The minimum Gasteiger partial charge on any atom is -0.454 e. The number of aryl methyl sites for hydroxylation is 8. The molecule has 0 amide bonds. The van der Waals surface area contributed by atoms with Crippen molar-refractivity contribution in [3.63, 3.8) is 0 Å². The van der Waals surface area contributed by atoms with Gasteiger partial charge >= 0.3 is 24.6 Å². The van der Waals surface area contributed by atoms with Crippen LogP contribution in [-0.4, -0.2) is 117 Å². The maximum absolute atomic E-state index is 11.9. The Balaban J connectivity index is 0.000000314. The van der Waals surface area contributed by atoms with Gasteiger partial charge in [0.05, 0.1) is 42.6 Å². The van der Waals surface area contributed by atoms with Gasteiger partial charge in [-0.05, 0) is 181 Å². The van der Waals surface area contributed by atoms with E-state index in [1.807, 2.05) is 208 Å². The summed E-state index contributed by atoms with van der Waals surface area (Å²) in [6.45, 7) is 62.3. The lowest BCUT2D eigenvalue weighted by atomic mass is 9.86. The number of nitriles is 4. The second kappa shape index (κ2) is 52.2. The van der Waals surface area contributed by atoms with E-state index in [9.17, 15) is 40.2 Å². The van der Waals surface area contributed by atoms with Crippen LogP contribution in [0.5, 0.6) is 0 Å². The maximum atomic E-state index is 11.9. The van der Waals surface area contributed by atoms with E-state index in [4.69, 9.17) is 56.8 Å². The van der Waals surface area contributed by atoms with Gasteiger partial charge in [0.25, 0.3) is 0 Å². The number of hydrogen-bond acceptors (Lipinski definition) is 24. The van der Waals surface area contributed by atoms with Crippen LogP contribution in [0.3, 0.4) is 0 Å². The molecular weight excluding hydrogens is 1690 g/mol. The molecule has 28 nitrogen and oxygen atoms in total. The Bertz CT molecular complexity index is 5490. The van der Waals surface area contributed by atoms with Gasteiger partial charge in [-0.25, -0.2) is 19.2 Å². The molecule has 8 rings (SSSR count). The van der Waals surface area contributed by atoms with E-state index in [0.29, 0.717) is 136 Å². The third-order valence-corrected chi connectivity index (χ3v) is 21.9. The second-order valence-corrected chi connectivity index (χ2v) is 36.5. The van der Waals surface area contributed by atoms with E-state index in [-0.39, 0.29) is 67.5 Å². The van der Waals surface area contributed by atoms with E-state index in [2.05, 4.69) is 135 Å². The van der Waals surface area contributed by atoms with Crippen LogP contribution in [0.15, 0.2) is 97.1 Å². The first-order valence-corrected chi connectivity index (χ1v) is 45.7. The Morgan fingerprint density at radius 3 is 0.767 bits per heavy atom. The van der Waals surface area contributed by atoms with Crippen LogP contribution in [0.1, 0.15) is 303 Å². The van der Waals surface area contributed by atoms with Crippen molar-refractivity contribution < 1.29 is 76.0 Å². The molecule has 1 atom stereocenters. The zero-order valence-corrected chi connectivity index (χ0v) is 84.3. The monoisotopic (exact) mass is 1830 g/mol. The molecule has 28 heteroatoms. The first-order chi connectivity index (χ1) is 62.8. The van der Waals surface area contributed by atoms with Crippen molar-refractivity contribution in [3.8, 4) is 24.3 Å². The van der Waals surface area contributed by atoms with Gasteiger partial charge in [0.2, 0.25) is 27.2 Å². The number of carbonyl (C=O) groups is 4. The van der Waals surface area contributed by atoms with Crippen molar-refractivity contribution in [2.75, 3.05) is 47.0 Å². The summed E-state index contributed by atoms with van der Waals surface area (Å²) in [6, 6.07) is 40.6. The third kappa shape index (κ3) is 32.1. The summed E-state index contributed by atoms with van der Waals surface area (Å²) < 4.78 is 71.6. The molecule has 0 N–H and O–H groups in total. The van der Waals surface area contributed by atoms with Crippen molar-refractivity contribution in [3.05, 3.63) is 209 Å². The quantitative estimate of drug-likeness (QED) is 0.00889. The molecule has 4 heterocycles. The summed E-state index contributed by atoms with van der Waals surface area (Å²) >= 11 is 0. The Morgan fingerprint density at radius 1 is 0.323 bits per heavy atom. The van der Waals surface area contributed by atoms with Crippen LogP contribution in [0.2, 0.25) is 0 Å². The predicted molar refractivity (Wildman–Crippen MR) is 517 cm³/mol. The lowest BCUT2D eigenvalue weighted by Gasteiger charge is -2.20. The number of aromatic nitrogens is 8. The number of benzene rings is 4. The van der Waals surface area contributed by atoms with Crippen molar-refractivity contribution in [2.45, 2.75) is 300 Å². The van der Waals surface area contributed by atoms with E-state index in [1.165, 1.54) is 0 Å². The standard InChI is InChI=1S/C27H37N3O4.3C26H35N3O4/c1-8-10-11-16-32-26(31)34-18-33-25(24-19(3)20(4)29-30(24)9-2)23(17-28)21-12-14-22(15-13-21)27(5,6)7;1-9-29-23(18(4)19(5)28-29)24(32-16-33-25(30)31-15-17(2)3)22(14-27)20-10-12-21(13-11-20)26(6,7)8;1-9-17(3)33-25(30)32-16-31-24(23-18(4)19(5)28-29(23)10-2)22(15-27)20-11-13-21(14-12-20)26(6,7)8;1-8-10-15-31-25(30)33-17-32-24(23-18(3)19(4)28-29(23)9-2)22(16-27)20-11-13-21(14-12-20)26(5,6)7/h12-15H,8-11,16,18H2,1-7H3;10-13,17H,9,15-16H2,1-8H3;11-14,17H,9-10,16H2,1-8H3;11-14H,8-10,15,17H2,1-7H3/b25-23-;3*24-22-. The molecule has 0 radical (unpaired) electrons. The third-order valence-electron chi connectivity index (χ3n) is 21.9. The summed E-state index contributed by atoms with van der Waals surface area (Å²) in [5.41, 5.74) is 18.5. The molecule has 1 unspecified atom stereocenters. The molecule has 133 heavy (non-hydrogen) atoms. The average Bonchev–Trinajstić information content (AvgIpc) is 1.66. The second-order valence-electron chi connectivity index (χ2n) is 36.5. The smallest absolute Gasteiger partial charge is 0.454 e. The Hall–Kier alpha value is -13.1. The number of allylic oxidation sites excluding steroid dienone is 4. The molecule has 718 valence electrons. The lowest BCUT2D eigenvalue weighted by molar-refractivity contribution is -0.0209. The van der Waals surface area contributed by atoms with Gasteiger partial charge in [-0.1, -0.05) is 234 Å². The van der Waals surface area contributed by atoms with Gasteiger partial charge in [0, 0.05) is 48.4 Å². The van der Waals surface area contributed by atoms with Crippen LogP contribution in [0.4, 0.5) is 19.2 Å². The molecule has 4 aromatic carbocycles. The number of carbonyl (C=O) groups excluding carboxylic acids is 4. The van der Waals surface area contributed by atoms with E-state index in [0.717, 1.165) is 99.4 Å². The fourth-order valence-corrected chi connectivity index (χ4v) is 13.3. The fraction of sp³-hybridized carbons (Fsp3) is 0.505. The average molecular weight is 1830 g/mol. The summed E-state index contributed by atoms with van der Waals surface area (Å²) in [6.07, 6.45) is 1.69. The first-order valence-electron chi connectivity index (χ1n) is 45.7. The minimum atomic E-state index is -0.812. The highest BCUT2D eigenvalue weighted by molar-refractivity contribution is 5.98. The van der Waals surface area contributed by atoms with E-state index >= 15 is 0 Å². The number of ether oxygens (including phenoxy) is 12. The zero-order chi connectivity index (χ0) is 99.4. The maximum Gasteiger partial charge on any atom is 0.511 e. The summed E-state index contributed by atoms with van der Waals surface area (Å²) in [4.78, 5) is 47.6. The number of rotatable bonds is 35. The molecule has 4 aromatic heterocycles. The molecule has 0 spiro atoms. The lowest BCUT2D eigenvalue weighted by Crippen LogP contribution is -2.17. The Morgan fingerprint density at radius 2 is 0.556 bits per heavy atom.